The largest absolute Gasteiger partial charge is 0.497 e. The molecule has 10 rings (SSSR count). The zero-order valence-corrected chi connectivity index (χ0v) is 44.4. The predicted molar refractivity (Wildman–Crippen MR) is 325 cm³/mol. The molecule has 0 radical (unpaired) electrons. The van der Waals surface area contributed by atoms with E-state index in [9.17, 15) is 0 Å². The molecule has 6 nitrogen and oxygen atoms in total. The Kier molecular flexibility index (Phi) is 16.0. The molecule has 77 heavy (non-hydrogen) atoms. The molecule has 0 saturated heterocycles. The maximum absolute atomic E-state index is 6.00. The summed E-state index contributed by atoms with van der Waals surface area (Å²) in [5.41, 5.74) is 18.5. The summed E-state index contributed by atoms with van der Waals surface area (Å²) < 4.78 is 17.5. The average Bonchev–Trinajstić information content (AvgIpc) is 3.49. The minimum absolute atomic E-state index is 0.592. The van der Waals surface area contributed by atoms with E-state index in [1.165, 1.54) is 5.56 Å². The van der Waals surface area contributed by atoms with E-state index in [0.29, 0.717) is 13.2 Å². The minimum atomic E-state index is 0.592. The number of methoxy groups -OCH3 is 1. The topological polar surface area (TPSA) is 37.4 Å². The molecule has 0 aromatic heterocycles. The van der Waals surface area contributed by atoms with Crippen molar-refractivity contribution < 1.29 is 14.2 Å². The fourth-order valence-electron chi connectivity index (χ4n) is 9.69. The van der Waals surface area contributed by atoms with E-state index in [4.69, 9.17) is 14.2 Å². The number of ether oxygens (including phenoxy) is 3. The number of anilines is 9. The van der Waals surface area contributed by atoms with Crippen LogP contribution in [0.2, 0.25) is 0 Å². The average molecular weight is 1010 g/mol. The van der Waals surface area contributed by atoms with Crippen molar-refractivity contribution in [1.29, 1.82) is 0 Å². The van der Waals surface area contributed by atoms with Crippen molar-refractivity contribution in [3.8, 4) is 39.5 Å². The van der Waals surface area contributed by atoms with Gasteiger partial charge < -0.3 is 28.9 Å². The fraction of sp³-hybridized carbons (Fsp3) is 0.0986. The molecule has 0 spiro atoms. The van der Waals surface area contributed by atoms with Crippen molar-refractivity contribution in [3.05, 3.63) is 271 Å². The number of hydrogen-bond donors (Lipinski definition) is 0. The molecule has 10 aromatic rings. The monoisotopic (exact) mass is 1010 g/mol. The fourth-order valence-corrected chi connectivity index (χ4v) is 9.69. The SMILES string of the molecule is CC=Cc1ccc(N(c2ccccc2)c2ccc(-c3ccc(N(c4ccc(OC)cc4)c4ccc(-c5ccc(N(c6ccccc6)c6ccc(C=Cc7cc(OCC)c(C)cc7OCC)cc6)cc5)cc4)cc3)cc2)cc1. The standard InChI is InChI=1S/C71H63N3O3/c1-6-15-53-21-34-62(35-22-53)72(60-16-11-9-12-17-60)64-38-26-55(27-39-64)57-30-42-66(43-31-57)74(68-46-48-69(75-5)49-47-68)67-44-32-58(33-45-67)56-28-40-65(41-29-56)73(61-18-13-10-14-19-61)63-36-23-54(24-37-63)20-25-59-51-70(76-7-2)52(4)50-71(59)77-8-3/h6,9-51H,7-8H2,1-5H3. The maximum atomic E-state index is 6.00. The first-order valence-electron chi connectivity index (χ1n) is 26.4. The normalized spacial score (nSPS) is 11.2. The zero-order valence-electron chi connectivity index (χ0n) is 44.4. The van der Waals surface area contributed by atoms with Crippen LogP contribution >= 0.6 is 0 Å². The number of para-hydroxylation sites is 2. The van der Waals surface area contributed by atoms with Crippen LogP contribution in [0.15, 0.2) is 249 Å². The van der Waals surface area contributed by atoms with Crippen molar-refractivity contribution in [2.24, 2.45) is 0 Å². The van der Waals surface area contributed by atoms with Gasteiger partial charge in [-0.05, 0) is 200 Å². The second-order valence-corrected chi connectivity index (χ2v) is 18.6. The Morgan fingerprint density at radius 1 is 0.351 bits per heavy atom. The van der Waals surface area contributed by atoms with Crippen LogP contribution in [-0.2, 0) is 0 Å². The van der Waals surface area contributed by atoms with E-state index in [1.54, 1.807) is 7.11 Å². The van der Waals surface area contributed by atoms with E-state index in [-0.39, 0.29) is 0 Å². The van der Waals surface area contributed by atoms with E-state index >= 15 is 0 Å². The first-order valence-corrected chi connectivity index (χ1v) is 26.4. The summed E-state index contributed by atoms with van der Waals surface area (Å²) in [4.78, 5) is 6.88. The molecular weight excluding hydrogens is 943 g/mol. The van der Waals surface area contributed by atoms with Gasteiger partial charge in [-0.3, -0.25) is 0 Å². The van der Waals surface area contributed by atoms with Gasteiger partial charge in [-0.1, -0.05) is 133 Å². The van der Waals surface area contributed by atoms with Crippen LogP contribution in [0.3, 0.4) is 0 Å². The number of nitrogens with zero attached hydrogens (tertiary/aromatic N) is 3. The number of allylic oxidation sites excluding steroid dienone is 1. The Hall–Kier alpha value is -9.52. The summed E-state index contributed by atoms with van der Waals surface area (Å²) in [6, 6.07) is 86.1. The van der Waals surface area contributed by atoms with Crippen molar-refractivity contribution in [3.63, 3.8) is 0 Å². The van der Waals surface area contributed by atoms with Crippen molar-refractivity contribution in [1.82, 2.24) is 0 Å². The van der Waals surface area contributed by atoms with Crippen LogP contribution in [0.5, 0.6) is 17.2 Å². The summed E-state index contributed by atoms with van der Waals surface area (Å²) in [5.74, 6) is 2.53. The first kappa shape index (κ1) is 51.0. The van der Waals surface area contributed by atoms with Crippen LogP contribution in [0.4, 0.5) is 51.2 Å². The van der Waals surface area contributed by atoms with E-state index in [1.807, 2.05) is 32.9 Å². The molecule has 0 N–H and O–H groups in total. The highest BCUT2D eigenvalue weighted by Crippen LogP contribution is 2.41. The summed E-state index contributed by atoms with van der Waals surface area (Å²) in [5, 5.41) is 0. The molecule has 0 heterocycles. The smallest absolute Gasteiger partial charge is 0.127 e. The van der Waals surface area contributed by atoms with E-state index in [2.05, 4.69) is 276 Å². The Morgan fingerprint density at radius 2 is 0.675 bits per heavy atom. The first-order chi connectivity index (χ1) is 37.9. The minimum Gasteiger partial charge on any atom is -0.497 e. The molecule has 0 saturated carbocycles. The van der Waals surface area contributed by atoms with Crippen LogP contribution in [0, 0.1) is 6.92 Å². The summed E-state index contributed by atoms with van der Waals surface area (Å²) in [7, 11) is 1.70. The third-order valence-corrected chi connectivity index (χ3v) is 13.6. The summed E-state index contributed by atoms with van der Waals surface area (Å²) >= 11 is 0. The maximum Gasteiger partial charge on any atom is 0.127 e. The van der Waals surface area contributed by atoms with Crippen LogP contribution in [0.1, 0.15) is 43.0 Å². The van der Waals surface area contributed by atoms with Gasteiger partial charge in [-0.25, -0.2) is 0 Å². The van der Waals surface area contributed by atoms with Gasteiger partial charge in [0.15, 0.2) is 0 Å². The second kappa shape index (κ2) is 24.2. The van der Waals surface area contributed by atoms with Crippen LogP contribution in [-0.4, -0.2) is 20.3 Å². The Balaban J connectivity index is 0.887. The number of benzene rings is 10. The van der Waals surface area contributed by atoms with Crippen LogP contribution < -0.4 is 28.9 Å². The molecule has 10 aromatic carbocycles. The lowest BCUT2D eigenvalue weighted by molar-refractivity contribution is 0.328. The highest BCUT2D eigenvalue weighted by Gasteiger charge is 2.17. The Bertz CT molecular complexity index is 3540. The lowest BCUT2D eigenvalue weighted by Crippen LogP contribution is -2.10. The zero-order chi connectivity index (χ0) is 52.9. The van der Waals surface area contributed by atoms with Crippen molar-refractivity contribution in [2.75, 3.05) is 35.0 Å². The molecular formula is C71H63N3O3. The van der Waals surface area contributed by atoms with Crippen molar-refractivity contribution in [2.45, 2.75) is 27.7 Å². The molecule has 0 bridgehead atoms. The van der Waals surface area contributed by atoms with Crippen molar-refractivity contribution >= 4 is 69.4 Å². The highest BCUT2D eigenvalue weighted by atomic mass is 16.5. The summed E-state index contributed by atoms with van der Waals surface area (Å²) in [6.45, 7) is 9.31. The molecule has 0 unspecified atom stereocenters. The lowest BCUT2D eigenvalue weighted by Gasteiger charge is -2.27. The van der Waals surface area contributed by atoms with Gasteiger partial charge in [0.1, 0.15) is 17.2 Å². The van der Waals surface area contributed by atoms with Gasteiger partial charge >= 0.3 is 0 Å². The molecule has 380 valence electrons. The molecule has 0 fully saturated rings. The van der Waals surface area contributed by atoms with Gasteiger partial charge in [-0.2, -0.15) is 0 Å². The van der Waals surface area contributed by atoms with E-state index < -0.39 is 0 Å². The molecule has 0 atom stereocenters. The second-order valence-electron chi connectivity index (χ2n) is 18.6. The number of aryl methyl sites for hydroxylation is 1. The van der Waals surface area contributed by atoms with E-state index in [0.717, 1.165) is 107 Å². The number of rotatable bonds is 19. The van der Waals surface area contributed by atoms with Gasteiger partial charge in [0.25, 0.3) is 0 Å². The quantitative estimate of drug-likeness (QED) is 0.0752. The van der Waals surface area contributed by atoms with Gasteiger partial charge in [0.05, 0.1) is 20.3 Å². The molecule has 0 aliphatic heterocycles. The summed E-state index contributed by atoms with van der Waals surface area (Å²) in [6.07, 6.45) is 8.41. The number of hydrogen-bond acceptors (Lipinski definition) is 6. The molecule has 0 aliphatic rings. The lowest BCUT2D eigenvalue weighted by atomic mass is 10.0. The van der Waals surface area contributed by atoms with Gasteiger partial charge in [-0.15, -0.1) is 0 Å². The van der Waals surface area contributed by atoms with Gasteiger partial charge in [0, 0.05) is 56.7 Å². The molecule has 6 heteroatoms. The highest BCUT2D eigenvalue weighted by molar-refractivity contribution is 5.84. The Morgan fingerprint density at radius 3 is 1.03 bits per heavy atom. The molecule has 0 aliphatic carbocycles. The van der Waals surface area contributed by atoms with Crippen LogP contribution in [0.25, 0.3) is 40.5 Å². The third-order valence-electron chi connectivity index (χ3n) is 13.6. The molecule has 0 amide bonds. The Labute approximate surface area is 454 Å². The predicted octanol–water partition coefficient (Wildman–Crippen LogP) is 19.7. The third kappa shape index (κ3) is 11.9. The van der Waals surface area contributed by atoms with Gasteiger partial charge in [0.2, 0.25) is 0 Å².